The van der Waals surface area contributed by atoms with Crippen molar-refractivity contribution in [2.45, 2.75) is 6.54 Å². The van der Waals surface area contributed by atoms with Crippen molar-refractivity contribution >= 4 is 11.8 Å². The van der Waals surface area contributed by atoms with Gasteiger partial charge in [0.2, 0.25) is 0 Å². The van der Waals surface area contributed by atoms with E-state index in [0.29, 0.717) is 6.54 Å². The smallest absolute Gasteiger partial charge is 0.194 e. The van der Waals surface area contributed by atoms with Crippen LogP contribution in [0.1, 0.15) is 5.56 Å². The number of rotatable bonds is 5. The molecule has 2 heterocycles. The molecule has 1 aromatic carbocycles. The van der Waals surface area contributed by atoms with E-state index in [1.807, 2.05) is 43.6 Å². The summed E-state index contributed by atoms with van der Waals surface area (Å²) < 4.78 is 10.9. The van der Waals surface area contributed by atoms with Crippen LogP contribution in [0.25, 0.3) is 0 Å². The third-order valence-corrected chi connectivity index (χ3v) is 4.69. The summed E-state index contributed by atoms with van der Waals surface area (Å²) in [6, 6.07) is 11.9. The third-order valence-electron chi connectivity index (χ3n) is 4.69. The summed E-state index contributed by atoms with van der Waals surface area (Å²) >= 11 is 0. The maximum atomic E-state index is 5.51. The Bertz CT molecular complexity index is 758. The van der Waals surface area contributed by atoms with Gasteiger partial charge >= 0.3 is 0 Å². The lowest BCUT2D eigenvalue weighted by Gasteiger charge is -2.37. The van der Waals surface area contributed by atoms with Gasteiger partial charge in [0.15, 0.2) is 17.5 Å². The molecule has 1 fully saturated rings. The lowest BCUT2D eigenvalue weighted by Crippen LogP contribution is -2.52. The zero-order chi connectivity index (χ0) is 19.1. The summed E-state index contributed by atoms with van der Waals surface area (Å²) in [6.45, 7) is 4.24. The predicted octanol–water partition coefficient (Wildman–Crippen LogP) is 2.00. The Hall–Kier alpha value is -2.96. The number of hydrogen-bond acceptors (Lipinski definition) is 5. The summed E-state index contributed by atoms with van der Waals surface area (Å²) in [4.78, 5) is 13.5. The second kappa shape index (κ2) is 9.12. The summed E-state index contributed by atoms with van der Waals surface area (Å²) in [5, 5.41) is 3.44. The van der Waals surface area contributed by atoms with Gasteiger partial charge in [-0.15, -0.1) is 0 Å². The minimum Gasteiger partial charge on any atom is -0.493 e. The van der Waals surface area contributed by atoms with E-state index in [1.165, 1.54) is 0 Å². The summed E-state index contributed by atoms with van der Waals surface area (Å²) in [7, 11) is 5.12. The zero-order valence-electron chi connectivity index (χ0n) is 16.2. The Labute approximate surface area is 160 Å². The van der Waals surface area contributed by atoms with Gasteiger partial charge < -0.3 is 24.6 Å². The number of pyridine rings is 1. The largest absolute Gasteiger partial charge is 0.493 e. The molecule has 0 atom stereocenters. The first-order valence-corrected chi connectivity index (χ1v) is 9.08. The van der Waals surface area contributed by atoms with Crippen LogP contribution in [0.4, 0.5) is 5.82 Å². The van der Waals surface area contributed by atoms with Gasteiger partial charge in [-0.1, -0.05) is 18.2 Å². The summed E-state index contributed by atoms with van der Waals surface area (Å²) in [6.07, 6.45) is 1.84. The molecular weight excluding hydrogens is 342 g/mol. The highest BCUT2D eigenvalue weighted by atomic mass is 16.5. The number of benzene rings is 1. The second-order valence-corrected chi connectivity index (χ2v) is 6.22. The topological polar surface area (TPSA) is 62.2 Å². The average molecular weight is 369 g/mol. The Kier molecular flexibility index (Phi) is 6.35. The number of nitrogens with zero attached hydrogens (tertiary/aromatic N) is 4. The van der Waals surface area contributed by atoms with Crippen LogP contribution in [0.2, 0.25) is 0 Å². The molecule has 0 radical (unpaired) electrons. The normalized spacial score (nSPS) is 14.9. The van der Waals surface area contributed by atoms with Gasteiger partial charge in [-0.05, 0) is 18.2 Å². The molecule has 0 spiro atoms. The van der Waals surface area contributed by atoms with E-state index in [1.54, 1.807) is 14.2 Å². The Morgan fingerprint density at radius 3 is 2.52 bits per heavy atom. The SMILES string of the molecule is CN=C(NCc1cccc(OC)c1OC)N1CCN(c2ccccn2)CC1. The molecule has 144 valence electrons. The lowest BCUT2D eigenvalue weighted by molar-refractivity contribution is 0.350. The highest BCUT2D eigenvalue weighted by molar-refractivity contribution is 5.80. The number of piperazine rings is 1. The number of hydrogen-bond donors (Lipinski definition) is 1. The third kappa shape index (κ3) is 4.42. The van der Waals surface area contributed by atoms with E-state index in [9.17, 15) is 0 Å². The van der Waals surface area contributed by atoms with Gasteiger partial charge in [-0.2, -0.15) is 0 Å². The predicted molar refractivity (Wildman–Crippen MR) is 108 cm³/mol. The van der Waals surface area contributed by atoms with Gasteiger partial charge in [0.1, 0.15) is 5.82 Å². The van der Waals surface area contributed by atoms with Crippen LogP contribution < -0.4 is 19.7 Å². The number of ether oxygens (including phenoxy) is 2. The zero-order valence-corrected chi connectivity index (χ0v) is 16.2. The molecule has 7 nitrogen and oxygen atoms in total. The van der Waals surface area contributed by atoms with Crippen LogP contribution in [0.5, 0.6) is 11.5 Å². The number of nitrogens with one attached hydrogen (secondary N) is 1. The van der Waals surface area contributed by atoms with Gasteiger partial charge in [0.25, 0.3) is 0 Å². The highest BCUT2D eigenvalue weighted by Gasteiger charge is 2.20. The first kappa shape index (κ1) is 18.8. The number of guanidine groups is 1. The fourth-order valence-corrected chi connectivity index (χ4v) is 3.29. The number of para-hydroxylation sites is 1. The van der Waals surface area contributed by atoms with E-state index in [-0.39, 0.29) is 0 Å². The van der Waals surface area contributed by atoms with Gasteiger partial charge in [-0.3, -0.25) is 4.99 Å². The fraction of sp³-hybridized carbons (Fsp3) is 0.400. The van der Waals surface area contributed by atoms with Crippen molar-refractivity contribution in [2.75, 3.05) is 52.3 Å². The minimum atomic E-state index is 0.619. The maximum Gasteiger partial charge on any atom is 0.194 e. The Morgan fingerprint density at radius 1 is 1.07 bits per heavy atom. The van der Waals surface area contributed by atoms with Crippen molar-refractivity contribution in [3.63, 3.8) is 0 Å². The first-order chi connectivity index (χ1) is 13.3. The molecule has 2 aromatic rings. The van der Waals surface area contributed by atoms with Gasteiger partial charge in [0, 0.05) is 51.5 Å². The van der Waals surface area contributed by atoms with Crippen molar-refractivity contribution in [3.05, 3.63) is 48.2 Å². The molecule has 1 aliphatic rings. The monoisotopic (exact) mass is 369 g/mol. The Morgan fingerprint density at radius 2 is 1.89 bits per heavy atom. The van der Waals surface area contributed by atoms with Crippen molar-refractivity contribution in [3.8, 4) is 11.5 Å². The fourth-order valence-electron chi connectivity index (χ4n) is 3.29. The van der Waals surface area contributed by atoms with E-state index < -0.39 is 0 Å². The van der Waals surface area contributed by atoms with Crippen molar-refractivity contribution in [2.24, 2.45) is 4.99 Å². The van der Waals surface area contributed by atoms with Gasteiger partial charge in [-0.25, -0.2) is 4.98 Å². The molecule has 27 heavy (non-hydrogen) atoms. The first-order valence-electron chi connectivity index (χ1n) is 9.08. The van der Waals surface area contributed by atoms with Crippen LogP contribution in [-0.4, -0.2) is 63.3 Å². The van der Waals surface area contributed by atoms with Crippen molar-refractivity contribution in [1.29, 1.82) is 0 Å². The molecule has 1 saturated heterocycles. The standard InChI is InChI=1S/C20H27N5O2/c1-21-20(23-15-16-7-6-8-17(26-2)19(16)27-3)25-13-11-24(12-14-25)18-9-4-5-10-22-18/h4-10H,11-15H2,1-3H3,(H,21,23). The molecule has 1 aliphatic heterocycles. The van der Waals surface area contributed by atoms with E-state index in [2.05, 4.69) is 31.2 Å². The van der Waals surface area contributed by atoms with Crippen LogP contribution >= 0.6 is 0 Å². The van der Waals surface area contributed by atoms with E-state index >= 15 is 0 Å². The molecule has 0 unspecified atom stereocenters. The van der Waals surface area contributed by atoms with Crippen LogP contribution in [0.3, 0.4) is 0 Å². The number of methoxy groups -OCH3 is 2. The molecule has 3 rings (SSSR count). The summed E-state index contributed by atoms with van der Waals surface area (Å²) in [5.41, 5.74) is 1.03. The van der Waals surface area contributed by atoms with Gasteiger partial charge in [0.05, 0.1) is 14.2 Å². The quantitative estimate of drug-likeness (QED) is 0.643. The second-order valence-electron chi connectivity index (χ2n) is 6.22. The molecule has 1 N–H and O–H groups in total. The molecule has 7 heteroatoms. The van der Waals surface area contributed by atoms with Crippen LogP contribution in [0.15, 0.2) is 47.6 Å². The molecule has 0 saturated carbocycles. The van der Waals surface area contributed by atoms with Crippen LogP contribution in [0, 0.1) is 0 Å². The number of anilines is 1. The molecule has 0 amide bonds. The lowest BCUT2D eigenvalue weighted by atomic mass is 10.2. The molecule has 1 aromatic heterocycles. The maximum absolute atomic E-state index is 5.51. The molecule has 0 aliphatic carbocycles. The van der Waals surface area contributed by atoms with Crippen LogP contribution in [-0.2, 0) is 6.54 Å². The van der Waals surface area contributed by atoms with Crippen molar-refractivity contribution in [1.82, 2.24) is 15.2 Å². The molecular formula is C20H27N5O2. The summed E-state index contributed by atoms with van der Waals surface area (Å²) in [5.74, 6) is 3.40. The average Bonchev–Trinajstić information content (AvgIpc) is 2.75. The minimum absolute atomic E-state index is 0.619. The van der Waals surface area contributed by atoms with E-state index in [4.69, 9.17) is 9.47 Å². The molecule has 0 bridgehead atoms. The number of aromatic nitrogens is 1. The Balaban J connectivity index is 1.59. The van der Waals surface area contributed by atoms with E-state index in [0.717, 1.165) is 55.0 Å². The number of aliphatic imine (C=N–C) groups is 1. The van der Waals surface area contributed by atoms with Crippen molar-refractivity contribution < 1.29 is 9.47 Å². The highest BCUT2D eigenvalue weighted by Crippen LogP contribution is 2.30.